The maximum atomic E-state index is 12.8. The summed E-state index contributed by atoms with van der Waals surface area (Å²) in [6.45, 7) is 1.78. The molecule has 4 aromatic rings. The zero-order valence-corrected chi connectivity index (χ0v) is 15.3. The van der Waals surface area contributed by atoms with Crippen molar-refractivity contribution in [1.29, 1.82) is 0 Å². The van der Waals surface area contributed by atoms with Crippen molar-refractivity contribution in [1.82, 2.24) is 9.55 Å². The molecule has 2 aromatic carbocycles. The third kappa shape index (κ3) is 3.30. The fourth-order valence-electron chi connectivity index (χ4n) is 3.11. The lowest BCUT2D eigenvalue weighted by Crippen LogP contribution is -2.22. The van der Waals surface area contributed by atoms with E-state index in [1.807, 2.05) is 60.7 Å². The number of nitrogens with zero attached hydrogens (tertiary/aromatic N) is 2. The fourth-order valence-corrected chi connectivity index (χ4v) is 3.11. The Labute approximate surface area is 161 Å². The zero-order valence-electron chi connectivity index (χ0n) is 15.3. The smallest absolute Gasteiger partial charge is 0.318 e. The highest BCUT2D eigenvalue weighted by molar-refractivity contribution is 5.88. The van der Waals surface area contributed by atoms with Crippen molar-refractivity contribution in [3.05, 3.63) is 101 Å². The number of ether oxygens (including phenoxy) is 1. The van der Waals surface area contributed by atoms with E-state index in [0.717, 1.165) is 5.56 Å². The van der Waals surface area contributed by atoms with E-state index < -0.39 is 11.9 Å². The van der Waals surface area contributed by atoms with Crippen molar-refractivity contribution in [2.75, 3.05) is 0 Å². The molecular formula is C23H18N2O3. The molecule has 0 fully saturated rings. The van der Waals surface area contributed by atoms with Crippen molar-refractivity contribution in [2.45, 2.75) is 12.8 Å². The molecule has 1 atom stereocenters. The van der Waals surface area contributed by atoms with Crippen molar-refractivity contribution in [3.63, 3.8) is 0 Å². The molecule has 5 heteroatoms. The fraction of sp³-hybridized carbons (Fsp3) is 0.0870. The van der Waals surface area contributed by atoms with Crippen LogP contribution in [0.4, 0.5) is 0 Å². The number of aromatic nitrogens is 2. The summed E-state index contributed by atoms with van der Waals surface area (Å²) in [4.78, 5) is 29.8. The molecule has 0 radical (unpaired) electrons. The first-order valence-corrected chi connectivity index (χ1v) is 8.98. The number of para-hydroxylation sites is 1. The average Bonchev–Trinajstić information content (AvgIpc) is 2.74. The predicted octanol–water partition coefficient (Wildman–Crippen LogP) is 4.09. The Morgan fingerprint density at radius 1 is 0.964 bits per heavy atom. The molecule has 0 aliphatic heterocycles. The minimum atomic E-state index is -0.454. The van der Waals surface area contributed by atoms with Crippen molar-refractivity contribution < 1.29 is 9.53 Å². The van der Waals surface area contributed by atoms with Crippen LogP contribution in [0.1, 0.15) is 18.4 Å². The van der Waals surface area contributed by atoms with Gasteiger partial charge in [-0.2, -0.15) is 0 Å². The number of hydrogen-bond acceptors (Lipinski definition) is 4. The molecule has 5 nitrogen and oxygen atoms in total. The van der Waals surface area contributed by atoms with Gasteiger partial charge in [-0.15, -0.1) is 0 Å². The van der Waals surface area contributed by atoms with Crippen LogP contribution in [0.25, 0.3) is 16.7 Å². The van der Waals surface area contributed by atoms with Gasteiger partial charge in [0.2, 0.25) is 0 Å². The van der Waals surface area contributed by atoms with Gasteiger partial charge in [0.1, 0.15) is 5.75 Å². The monoisotopic (exact) mass is 370 g/mol. The first-order valence-electron chi connectivity index (χ1n) is 8.98. The van der Waals surface area contributed by atoms with E-state index in [0.29, 0.717) is 16.7 Å². The van der Waals surface area contributed by atoms with Crippen LogP contribution in [-0.4, -0.2) is 15.5 Å². The van der Waals surface area contributed by atoms with Gasteiger partial charge in [-0.1, -0.05) is 48.5 Å². The van der Waals surface area contributed by atoms with Crippen LogP contribution in [0.15, 0.2) is 89.9 Å². The molecule has 2 aromatic heterocycles. The third-order valence-electron chi connectivity index (χ3n) is 4.62. The third-order valence-corrected chi connectivity index (χ3v) is 4.62. The van der Waals surface area contributed by atoms with Crippen LogP contribution in [0.5, 0.6) is 5.75 Å². The second-order valence-electron chi connectivity index (χ2n) is 6.45. The first kappa shape index (κ1) is 17.7. The minimum absolute atomic E-state index is 0.216. The molecule has 0 spiro atoms. The summed E-state index contributed by atoms with van der Waals surface area (Å²) in [6, 6.07) is 23.5. The number of rotatable bonds is 4. The molecule has 0 saturated heterocycles. The Morgan fingerprint density at radius 2 is 1.64 bits per heavy atom. The molecule has 0 amide bonds. The van der Waals surface area contributed by atoms with Gasteiger partial charge in [0, 0.05) is 12.3 Å². The predicted molar refractivity (Wildman–Crippen MR) is 108 cm³/mol. The summed E-state index contributed by atoms with van der Waals surface area (Å²) in [5.74, 6) is -0.661. The zero-order chi connectivity index (χ0) is 19.5. The second-order valence-corrected chi connectivity index (χ2v) is 6.45. The normalized spacial score (nSPS) is 11.9. The summed E-state index contributed by atoms with van der Waals surface area (Å²) >= 11 is 0. The SMILES string of the molecule is CC(C(=O)Oc1cc(=O)n(-c2ccccc2)c2ncccc12)c1ccccc1. The van der Waals surface area contributed by atoms with Gasteiger partial charge in [0.25, 0.3) is 5.56 Å². The largest absolute Gasteiger partial charge is 0.425 e. The first-order chi connectivity index (χ1) is 13.6. The molecular weight excluding hydrogens is 352 g/mol. The molecule has 0 aliphatic rings. The highest BCUT2D eigenvalue weighted by Gasteiger charge is 2.20. The number of benzene rings is 2. The molecule has 28 heavy (non-hydrogen) atoms. The van der Waals surface area contributed by atoms with Crippen molar-refractivity contribution >= 4 is 17.0 Å². The van der Waals surface area contributed by atoms with Crippen LogP contribution in [0, 0.1) is 0 Å². The van der Waals surface area contributed by atoms with E-state index in [-0.39, 0.29) is 11.3 Å². The lowest BCUT2D eigenvalue weighted by atomic mass is 10.0. The molecule has 1 unspecified atom stereocenters. The summed E-state index contributed by atoms with van der Waals surface area (Å²) in [7, 11) is 0. The Morgan fingerprint density at radius 3 is 2.36 bits per heavy atom. The van der Waals surface area contributed by atoms with Gasteiger partial charge >= 0.3 is 5.97 Å². The van der Waals surface area contributed by atoms with Crippen LogP contribution in [-0.2, 0) is 4.79 Å². The standard InChI is InChI=1S/C23H18N2O3/c1-16(17-9-4-2-5-10-17)23(27)28-20-15-21(26)25(18-11-6-3-7-12-18)22-19(20)13-8-14-24-22/h2-16H,1H3. The van der Waals surface area contributed by atoms with E-state index in [1.165, 1.54) is 10.6 Å². The van der Waals surface area contributed by atoms with Gasteiger partial charge < -0.3 is 4.74 Å². The molecule has 138 valence electrons. The van der Waals surface area contributed by atoms with E-state index in [9.17, 15) is 9.59 Å². The molecule has 0 saturated carbocycles. The van der Waals surface area contributed by atoms with E-state index in [1.54, 1.807) is 25.3 Å². The highest BCUT2D eigenvalue weighted by atomic mass is 16.5. The summed E-state index contributed by atoms with van der Waals surface area (Å²) in [5.41, 5.74) is 1.68. The summed E-state index contributed by atoms with van der Waals surface area (Å²) in [6.07, 6.45) is 1.61. The molecule has 2 heterocycles. The lowest BCUT2D eigenvalue weighted by molar-refractivity contribution is -0.135. The number of hydrogen-bond donors (Lipinski definition) is 0. The number of fused-ring (bicyclic) bond motifs is 1. The van der Waals surface area contributed by atoms with Crippen LogP contribution >= 0.6 is 0 Å². The topological polar surface area (TPSA) is 61.2 Å². The number of carbonyl (C=O) groups excluding carboxylic acids is 1. The maximum absolute atomic E-state index is 12.8. The Bertz CT molecular complexity index is 1180. The van der Waals surface area contributed by atoms with Gasteiger partial charge in [0.05, 0.1) is 17.0 Å². The van der Waals surface area contributed by atoms with Crippen LogP contribution in [0.3, 0.4) is 0 Å². The molecule has 4 rings (SSSR count). The van der Waals surface area contributed by atoms with Gasteiger partial charge in [0.15, 0.2) is 5.65 Å². The molecule has 0 aliphatic carbocycles. The van der Waals surface area contributed by atoms with Gasteiger partial charge in [-0.25, -0.2) is 4.98 Å². The number of esters is 1. The minimum Gasteiger partial charge on any atom is -0.425 e. The Balaban J connectivity index is 1.77. The molecule has 0 bridgehead atoms. The van der Waals surface area contributed by atoms with Crippen LogP contribution < -0.4 is 10.3 Å². The van der Waals surface area contributed by atoms with Gasteiger partial charge in [-0.3, -0.25) is 14.2 Å². The Kier molecular flexibility index (Phi) is 4.72. The average molecular weight is 370 g/mol. The lowest BCUT2D eigenvalue weighted by Gasteiger charge is -2.15. The van der Waals surface area contributed by atoms with E-state index in [4.69, 9.17) is 4.74 Å². The highest BCUT2D eigenvalue weighted by Crippen LogP contribution is 2.26. The maximum Gasteiger partial charge on any atom is 0.318 e. The number of pyridine rings is 2. The number of carbonyl (C=O) groups is 1. The summed E-state index contributed by atoms with van der Waals surface area (Å²) < 4.78 is 7.13. The second kappa shape index (κ2) is 7.48. The van der Waals surface area contributed by atoms with E-state index >= 15 is 0 Å². The van der Waals surface area contributed by atoms with Crippen LogP contribution in [0.2, 0.25) is 0 Å². The van der Waals surface area contributed by atoms with E-state index in [2.05, 4.69) is 4.98 Å². The summed E-state index contributed by atoms with van der Waals surface area (Å²) in [5, 5.41) is 0.597. The van der Waals surface area contributed by atoms with Gasteiger partial charge in [-0.05, 0) is 36.8 Å². The van der Waals surface area contributed by atoms with Crippen molar-refractivity contribution in [3.8, 4) is 11.4 Å². The van der Waals surface area contributed by atoms with Crippen molar-refractivity contribution in [2.24, 2.45) is 0 Å². The quantitative estimate of drug-likeness (QED) is 0.508. The molecule has 0 N–H and O–H groups in total. The Hall–Kier alpha value is -3.73.